The summed E-state index contributed by atoms with van der Waals surface area (Å²) in [5.74, 6) is -0.362. The van der Waals surface area contributed by atoms with Crippen LogP contribution in [0, 0.1) is 11.3 Å². The second kappa shape index (κ2) is 9.38. The molecule has 2 N–H and O–H groups in total. The van der Waals surface area contributed by atoms with Crippen LogP contribution < -0.4 is 9.46 Å². The number of hydrogen-bond donors (Lipinski definition) is 2. The van der Waals surface area contributed by atoms with Crippen molar-refractivity contribution in [2.45, 2.75) is 32.4 Å². The fraction of sp³-hybridized carbons (Fsp3) is 0.250. The van der Waals surface area contributed by atoms with Crippen molar-refractivity contribution >= 4 is 21.7 Å². The van der Waals surface area contributed by atoms with E-state index in [1.807, 2.05) is 6.92 Å². The first-order chi connectivity index (χ1) is 15.6. The van der Waals surface area contributed by atoms with E-state index < -0.39 is 21.2 Å². The number of carboxylic acid groups (broad SMARTS) is 1. The molecule has 0 spiro atoms. The molecule has 0 aliphatic carbocycles. The SMILES string of the molecule is CCc1c(C#N)c(-c2ccc(Oc3ccccc3NS(=O)(=O)C(C)C)cc2)c(C(=O)O)n1C. The normalized spacial score (nSPS) is 11.3. The van der Waals surface area contributed by atoms with Gasteiger partial charge in [-0.25, -0.2) is 13.2 Å². The zero-order valence-electron chi connectivity index (χ0n) is 18.8. The number of hydrogen-bond acceptors (Lipinski definition) is 5. The van der Waals surface area contributed by atoms with Gasteiger partial charge in [-0.3, -0.25) is 4.72 Å². The monoisotopic (exact) mass is 467 g/mol. The third-order valence-electron chi connectivity index (χ3n) is 5.30. The fourth-order valence-electron chi connectivity index (χ4n) is 3.53. The van der Waals surface area contributed by atoms with Crippen LogP contribution in [-0.4, -0.2) is 29.3 Å². The summed E-state index contributed by atoms with van der Waals surface area (Å²) in [5, 5.41) is 18.8. The Morgan fingerprint density at radius 1 is 1.18 bits per heavy atom. The van der Waals surface area contributed by atoms with E-state index in [2.05, 4.69) is 10.8 Å². The van der Waals surface area contributed by atoms with Crippen molar-refractivity contribution in [2.75, 3.05) is 4.72 Å². The molecule has 0 fully saturated rings. The second-order valence-corrected chi connectivity index (χ2v) is 9.93. The van der Waals surface area contributed by atoms with E-state index in [1.165, 1.54) is 4.57 Å². The number of nitriles is 1. The van der Waals surface area contributed by atoms with Crippen molar-refractivity contribution in [3.63, 3.8) is 0 Å². The number of ether oxygens (including phenoxy) is 1. The van der Waals surface area contributed by atoms with Crippen molar-refractivity contribution in [3.8, 4) is 28.7 Å². The predicted molar refractivity (Wildman–Crippen MR) is 126 cm³/mol. The van der Waals surface area contributed by atoms with Crippen LogP contribution in [-0.2, 0) is 23.5 Å². The summed E-state index contributed by atoms with van der Waals surface area (Å²) in [4.78, 5) is 11.9. The molecule has 0 bridgehead atoms. The van der Waals surface area contributed by atoms with Gasteiger partial charge in [0.25, 0.3) is 0 Å². The van der Waals surface area contributed by atoms with Gasteiger partial charge in [-0.15, -0.1) is 0 Å². The molecular weight excluding hydrogens is 442 g/mol. The minimum Gasteiger partial charge on any atom is -0.477 e. The van der Waals surface area contributed by atoms with E-state index in [0.717, 1.165) is 0 Å². The van der Waals surface area contributed by atoms with Gasteiger partial charge < -0.3 is 14.4 Å². The van der Waals surface area contributed by atoms with Gasteiger partial charge in [0, 0.05) is 18.3 Å². The average molecular weight is 468 g/mol. The van der Waals surface area contributed by atoms with Crippen molar-refractivity contribution in [1.29, 1.82) is 5.26 Å². The summed E-state index contributed by atoms with van der Waals surface area (Å²) < 4.78 is 34.5. The standard InChI is InChI=1S/C24H25N3O5S/c1-5-20-18(14-25)22(23(24(28)29)27(20)4)16-10-12-17(13-11-16)32-21-9-7-6-8-19(21)26-33(30,31)15(2)3/h6-13,15,26H,5H2,1-4H3,(H,28,29). The molecule has 0 saturated heterocycles. The lowest BCUT2D eigenvalue weighted by Crippen LogP contribution is -2.22. The Hall–Kier alpha value is -3.77. The third-order valence-corrected chi connectivity index (χ3v) is 7.04. The Bertz CT molecular complexity index is 1330. The minimum atomic E-state index is -3.55. The van der Waals surface area contributed by atoms with Crippen LogP contribution in [0.1, 0.15) is 42.5 Å². The van der Waals surface area contributed by atoms with Crippen LogP contribution in [0.15, 0.2) is 48.5 Å². The first-order valence-corrected chi connectivity index (χ1v) is 11.9. The molecule has 33 heavy (non-hydrogen) atoms. The number of aromatic nitrogens is 1. The van der Waals surface area contributed by atoms with Gasteiger partial charge in [0.2, 0.25) is 10.0 Å². The molecule has 172 valence electrons. The molecule has 0 unspecified atom stereocenters. The molecule has 0 aliphatic rings. The highest BCUT2D eigenvalue weighted by molar-refractivity contribution is 7.93. The topological polar surface area (TPSA) is 121 Å². The number of nitrogens with one attached hydrogen (secondary N) is 1. The number of benzene rings is 2. The lowest BCUT2D eigenvalue weighted by Gasteiger charge is -2.15. The van der Waals surface area contributed by atoms with Crippen molar-refractivity contribution in [2.24, 2.45) is 7.05 Å². The van der Waals surface area contributed by atoms with Gasteiger partial charge in [0.1, 0.15) is 17.5 Å². The molecule has 0 saturated carbocycles. The van der Waals surface area contributed by atoms with Crippen LogP contribution in [0.4, 0.5) is 5.69 Å². The second-order valence-electron chi connectivity index (χ2n) is 7.69. The van der Waals surface area contributed by atoms with E-state index in [4.69, 9.17) is 4.74 Å². The number of anilines is 1. The smallest absolute Gasteiger partial charge is 0.353 e. The molecule has 1 heterocycles. The summed E-state index contributed by atoms with van der Waals surface area (Å²) in [6.45, 7) is 5.03. The van der Waals surface area contributed by atoms with E-state index in [0.29, 0.717) is 46.0 Å². The van der Waals surface area contributed by atoms with Crippen molar-refractivity contribution < 1.29 is 23.1 Å². The number of para-hydroxylation sites is 2. The number of sulfonamides is 1. The van der Waals surface area contributed by atoms with E-state index in [1.54, 1.807) is 69.4 Å². The highest BCUT2D eigenvalue weighted by atomic mass is 32.2. The third kappa shape index (κ3) is 4.71. The number of nitrogens with zero attached hydrogens (tertiary/aromatic N) is 2. The summed E-state index contributed by atoms with van der Waals surface area (Å²) in [6, 6.07) is 15.5. The molecule has 0 atom stereocenters. The fourth-order valence-corrected chi connectivity index (χ4v) is 4.24. The van der Waals surface area contributed by atoms with E-state index in [-0.39, 0.29) is 5.69 Å². The lowest BCUT2D eigenvalue weighted by molar-refractivity contribution is 0.0687. The quantitative estimate of drug-likeness (QED) is 0.492. The number of carbonyl (C=O) groups is 1. The summed E-state index contributed by atoms with van der Waals surface area (Å²) in [6.07, 6.45) is 0.518. The van der Waals surface area contributed by atoms with E-state index >= 15 is 0 Å². The van der Waals surface area contributed by atoms with Gasteiger partial charge >= 0.3 is 5.97 Å². The first-order valence-electron chi connectivity index (χ1n) is 10.3. The molecule has 0 aliphatic heterocycles. The summed E-state index contributed by atoms with van der Waals surface area (Å²) in [7, 11) is -1.91. The van der Waals surface area contributed by atoms with Crippen LogP contribution in [0.25, 0.3) is 11.1 Å². The van der Waals surface area contributed by atoms with E-state index in [9.17, 15) is 23.6 Å². The maximum atomic E-state index is 12.3. The Balaban J connectivity index is 1.97. The molecule has 0 radical (unpaired) electrons. The first kappa shape index (κ1) is 23.9. The maximum Gasteiger partial charge on any atom is 0.353 e. The highest BCUT2D eigenvalue weighted by Crippen LogP contribution is 2.35. The van der Waals surface area contributed by atoms with Crippen LogP contribution in [0.5, 0.6) is 11.5 Å². The van der Waals surface area contributed by atoms with Crippen molar-refractivity contribution in [1.82, 2.24) is 4.57 Å². The maximum absolute atomic E-state index is 12.3. The summed E-state index contributed by atoms with van der Waals surface area (Å²) in [5.41, 5.74) is 2.27. The van der Waals surface area contributed by atoms with Gasteiger partial charge in [-0.05, 0) is 50.1 Å². The molecule has 1 aromatic heterocycles. The Kier molecular flexibility index (Phi) is 6.79. The van der Waals surface area contributed by atoms with Gasteiger partial charge in [0.05, 0.1) is 16.5 Å². The molecule has 0 amide bonds. The molecule has 3 rings (SSSR count). The molecule has 8 nitrogen and oxygen atoms in total. The van der Waals surface area contributed by atoms with Gasteiger partial charge in [-0.1, -0.05) is 31.2 Å². The van der Waals surface area contributed by atoms with Crippen molar-refractivity contribution in [3.05, 3.63) is 65.5 Å². The van der Waals surface area contributed by atoms with Gasteiger partial charge in [0.15, 0.2) is 5.75 Å². The zero-order valence-corrected chi connectivity index (χ0v) is 19.6. The minimum absolute atomic E-state index is 0.0468. The van der Waals surface area contributed by atoms with Crippen LogP contribution >= 0.6 is 0 Å². The molecule has 9 heteroatoms. The average Bonchev–Trinajstić information content (AvgIpc) is 3.06. The Labute approximate surface area is 193 Å². The number of aromatic carboxylic acids is 1. The lowest BCUT2D eigenvalue weighted by atomic mass is 10.00. The van der Waals surface area contributed by atoms with Crippen LogP contribution in [0.3, 0.4) is 0 Å². The largest absolute Gasteiger partial charge is 0.477 e. The predicted octanol–water partition coefficient (Wildman–Crippen LogP) is 4.77. The zero-order chi connectivity index (χ0) is 24.3. The van der Waals surface area contributed by atoms with Crippen LogP contribution in [0.2, 0.25) is 0 Å². The molecule has 2 aromatic carbocycles. The highest BCUT2D eigenvalue weighted by Gasteiger charge is 2.25. The molecule has 3 aromatic rings. The number of carboxylic acids is 1. The Morgan fingerprint density at radius 2 is 1.82 bits per heavy atom. The number of rotatable bonds is 8. The molecular formula is C24H25N3O5S. The van der Waals surface area contributed by atoms with Gasteiger partial charge in [-0.2, -0.15) is 5.26 Å². The summed E-state index contributed by atoms with van der Waals surface area (Å²) >= 11 is 0. The Morgan fingerprint density at radius 3 is 2.36 bits per heavy atom.